The first-order chi connectivity index (χ1) is 9.84. The predicted octanol–water partition coefficient (Wildman–Crippen LogP) is 3.58. The number of fused-ring (bicyclic) bond motifs is 1. The molecule has 3 rings (SSSR count). The number of rotatable bonds is 3. The summed E-state index contributed by atoms with van der Waals surface area (Å²) >= 11 is 0. The lowest BCUT2D eigenvalue weighted by Gasteiger charge is -2.26. The van der Waals surface area contributed by atoms with Crippen LogP contribution >= 0.6 is 0 Å². The summed E-state index contributed by atoms with van der Waals surface area (Å²) in [5, 5.41) is 3.19. The third-order valence-corrected chi connectivity index (χ3v) is 4.66. The van der Waals surface area contributed by atoms with Crippen molar-refractivity contribution >= 4 is 5.91 Å². The smallest absolute Gasteiger partial charge is 0.223 e. The van der Waals surface area contributed by atoms with Gasteiger partial charge in [-0.2, -0.15) is 0 Å². The van der Waals surface area contributed by atoms with Gasteiger partial charge in [0.1, 0.15) is 0 Å². The summed E-state index contributed by atoms with van der Waals surface area (Å²) in [6.07, 6.45) is 10.9. The van der Waals surface area contributed by atoms with Crippen LogP contribution < -0.4 is 5.32 Å². The van der Waals surface area contributed by atoms with E-state index < -0.39 is 0 Å². The average Bonchev–Trinajstić information content (AvgIpc) is 2.53. The van der Waals surface area contributed by atoms with E-state index in [0.717, 1.165) is 25.8 Å². The summed E-state index contributed by atoms with van der Waals surface area (Å²) in [6.45, 7) is 0.802. The van der Waals surface area contributed by atoms with Gasteiger partial charge in [-0.05, 0) is 49.7 Å². The van der Waals surface area contributed by atoms with Crippen molar-refractivity contribution in [2.45, 2.75) is 44.4 Å². The molecule has 2 aliphatic carbocycles. The summed E-state index contributed by atoms with van der Waals surface area (Å²) in [5.74, 6) is 0.944. The molecule has 1 amide bonds. The highest BCUT2D eigenvalue weighted by Crippen LogP contribution is 2.31. The van der Waals surface area contributed by atoms with Crippen molar-refractivity contribution in [2.75, 3.05) is 6.54 Å². The van der Waals surface area contributed by atoms with Crippen LogP contribution in [0.1, 0.15) is 49.1 Å². The number of carbonyl (C=O) groups excluding carboxylic acids is 1. The van der Waals surface area contributed by atoms with Gasteiger partial charge in [0, 0.05) is 18.4 Å². The Balaban J connectivity index is 1.59. The molecule has 2 aliphatic rings. The Bertz CT molecular complexity index is 506. The number of aryl methyl sites for hydroxylation is 1. The molecule has 2 heteroatoms. The molecule has 0 saturated heterocycles. The van der Waals surface area contributed by atoms with Crippen LogP contribution in [0.5, 0.6) is 0 Å². The van der Waals surface area contributed by atoms with Crippen LogP contribution in [0.2, 0.25) is 0 Å². The lowest BCUT2D eigenvalue weighted by atomic mass is 9.82. The molecule has 0 saturated carbocycles. The zero-order valence-corrected chi connectivity index (χ0v) is 12.0. The van der Waals surface area contributed by atoms with Crippen molar-refractivity contribution in [1.29, 1.82) is 0 Å². The van der Waals surface area contributed by atoms with Gasteiger partial charge in [-0.3, -0.25) is 4.79 Å². The molecule has 0 radical (unpaired) electrons. The number of hydrogen-bond donors (Lipinski definition) is 1. The molecule has 106 valence electrons. The first kappa shape index (κ1) is 13.4. The molecule has 0 bridgehead atoms. The summed E-state index contributed by atoms with van der Waals surface area (Å²) in [4.78, 5) is 12.2. The Morgan fingerprint density at radius 1 is 1.20 bits per heavy atom. The monoisotopic (exact) mass is 269 g/mol. The summed E-state index contributed by atoms with van der Waals surface area (Å²) in [5.41, 5.74) is 2.92. The van der Waals surface area contributed by atoms with E-state index in [1.165, 1.54) is 30.4 Å². The Labute approximate surface area is 121 Å². The summed E-state index contributed by atoms with van der Waals surface area (Å²) in [7, 11) is 0. The van der Waals surface area contributed by atoms with Gasteiger partial charge in [0.25, 0.3) is 0 Å². The van der Waals surface area contributed by atoms with E-state index in [0.29, 0.717) is 5.92 Å². The number of allylic oxidation sites excluding steroid dienone is 2. The molecule has 20 heavy (non-hydrogen) atoms. The fourth-order valence-corrected chi connectivity index (χ4v) is 3.47. The fourth-order valence-electron chi connectivity index (χ4n) is 3.47. The van der Waals surface area contributed by atoms with E-state index in [-0.39, 0.29) is 11.8 Å². The minimum Gasteiger partial charge on any atom is -0.355 e. The lowest BCUT2D eigenvalue weighted by molar-refractivity contribution is -0.125. The molecule has 1 aromatic carbocycles. The highest BCUT2D eigenvalue weighted by Gasteiger charge is 2.23. The highest BCUT2D eigenvalue weighted by atomic mass is 16.1. The minimum atomic E-state index is 0.193. The minimum absolute atomic E-state index is 0.193. The highest BCUT2D eigenvalue weighted by molar-refractivity contribution is 5.79. The van der Waals surface area contributed by atoms with Gasteiger partial charge in [-0.25, -0.2) is 0 Å². The first-order valence-electron chi connectivity index (χ1n) is 7.85. The number of carbonyl (C=O) groups is 1. The summed E-state index contributed by atoms with van der Waals surface area (Å²) < 4.78 is 0. The third-order valence-electron chi connectivity index (χ3n) is 4.66. The zero-order chi connectivity index (χ0) is 13.8. The van der Waals surface area contributed by atoms with Crippen molar-refractivity contribution < 1.29 is 4.79 Å². The molecule has 1 aromatic rings. The van der Waals surface area contributed by atoms with Crippen molar-refractivity contribution in [3.05, 3.63) is 47.5 Å². The maximum absolute atomic E-state index is 12.2. The fraction of sp³-hybridized carbons (Fsp3) is 0.500. The van der Waals surface area contributed by atoms with Crippen LogP contribution in [0.15, 0.2) is 36.4 Å². The van der Waals surface area contributed by atoms with Crippen LogP contribution in [-0.2, 0) is 11.2 Å². The van der Waals surface area contributed by atoms with Crippen molar-refractivity contribution in [3.8, 4) is 0 Å². The topological polar surface area (TPSA) is 29.1 Å². The summed E-state index contributed by atoms with van der Waals surface area (Å²) in [6, 6.07) is 8.70. The number of amides is 1. The van der Waals surface area contributed by atoms with Gasteiger partial charge in [0.05, 0.1) is 0 Å². The second kappa shape index (κ2) is 6.25. The van der Waals surface area contributed by atoms with Gasteiger partial charge in [-0.15, -0.1) is 0 Å². The first-order valence-corrected chi connectivity index (χ1v) is 7.85. The van der Waals surface area contributed by atoms with E-state index in [2.05, 4.69) is 41.7 Å². The molecule has 0 aromatic heterocycles. The maximum Gasteiger partial charge on any atom is 0.223 e. The quantitative estimate of drug-likeness (QED) is 0.835. The van der Waals surface area contributed by atoms with E-state index in [1.807, 2.05) is 0 Å². The van der Waals surface area contributed by atoms with Crippen molar-refractivity contribution in [3.63, 3.8) is 0 Å². The SMILES string of the molecule is O=C(NCC1CCCc2ccccc21)C1CC=CCC1. The van der Waals surface area contributed by atoms with Gasteiger partial charge in [0.2, 0.25) is 5.91 Å². The number of benzene rings is 1. The molecule has 0 aliphatic heterocycles. The predicted molar refractivity (Wildman–Crippen MR) is 81.6 cm³/mol. The van der Waals surface area contributed by atoms with Crippen LogP contribution in [0.3, 0.4) is 0 Å². The largest absolute Gasteiger partial charge is 0.355 e. The van der Waals surface area contributed by atoms with Gasteiger partial charge in [-0.1, -0.05) is 36.4 Å². The molecule has 1 N–H and O–H groups in total. The number of nitrogens with one attached hydrogen (secondary N) is 1. The normalized spacial score (nSPS) is 25.0. The molecular formula is C18H23NO. The van der Waals surface area contributed by atoms with Gasteiger partial charge in [0.15, 0.2) is 0 Å². The number of hydrogen-bond acceptors (Lipinski definition) is 1. The Morgan fingerprint density at radius 2 is 2.10 bits per heavy atom. The molecule has 2 unspecified atom stereocenters. The second-order valence-corrected chi connectivity index (χ2v) is 6.01. The molecule has 2 atom stereocenters. The van der Waals surface area contributed by atoms with Gasteiger partial charge < -0.3 is 5.32 Å². The maximum atomic E-state index is 12.2. The van der Waals surface area contributed by atoms with E-state index in [9.17, 15) is 4.79 Å². The van der Waals surface area contributed by atoms with E-state index >= 15 is 0 Å². The molecule has 0 heterocycles. The Kier molecular flexibility index (Phi) is 4.19. The Morgan fingerprint density at radius 3 is 2.95 bits per heavy atom. The van der Waals surface area contributed by atoms with Gasteiger partial charge >= 0.3 is 0 Å². The molecule has 0 spiro atoms. The molecule has 0 fully saturated rings. The van der Waals surface area contributed by atoms with Crippen LogP contribution in [0.25, 0.3) is 0 Å². The third kappa shape index (κ3) is 2.95. The zero-order valence-electron chi connectivity index (χ0n) is 12.0. The van der Waals surface area contributed by atoms with E-state index in [4.69, 9.17) is 0 Å². The standard InChI is InChI=1S/C18H23NO/c20-18(15-8-2-1-3-9-15)19-13-16-11-6-10-14-7-4-5-12-17(14)16/h1-2,4-5,7,12,15-16H,3,6,8-11,13H2,(H,19,20). The second-order valence-electron chi connectivity index (χ2n) is 6.01. The van der Waals surface area contributed by atoms with Crippen molar-refractivity contribution in [2.24, 2.45) is 5.92 Å². The van der Waals surface area contributed by atoms with Crippen LogP contribution in [-0.4, -0.2) is 12.5 Å². The van der Waals surface area contributed by atoms with E-state index in [1.54, 1.807) is 0 Å². The lowest BCUT2D eigenvalue weighted by Crippen LogP contribution is -2.35. The molecular weight excluding hydrogens is 246 g/mol. The van der Waals surface area contributed by atoms with Crippen LogP contribution in [0.4, 0.5) is 0 Å². The van der Waals surface area contributed by atoms with Crippen molar-refractivity contribution in [1.82, 2.24) is 5.32 Å². The Hall–Kier alpha value is -1.57. The average molecular weight is 269 g/mol. The van der Waals surface area contributed by atoms with Crippen LogP contribution in [0, 0.1) is 5.92 Å². The molecule has 2 nitrogen and oxygen atoms in total.